The average molecular weight is 384 g/mol. The van der Waals surface area contributed by atoms with Crippen molar-refractivity contribution in [2.24, 2.45) is 0 Å². The summed E-state index contributed by atoms with van der Waals surface area (Å²) < 4.78 is 1.98. The Morgan fingerprint density at radius 3 is 2.63 bits per heavy atom. The molecule has 1 aromatic heterocycles. The molecular weight excluding hydrogens is 372 g/mol. The molecule has 0 unspecified atom stereocenters. The van der Waals surface area contributed by atoms with Crippen LogP contribution in [-0.2, 0) is 0 Å². The highest BCUT2D eigenvalue weighted by molar-refractivity contribution is 9.11. The van der Waals surface area contributed by atoms with Crippen molar-refractivity contribution in [3.8, 4) is 0 Å². The summed E-state index contributed by atoms with van der Waals surface area (Å²) in [5, 5.41) is 3.26. The van der Waals surface area contributed by atoms with Crippen molar-refractivity contribution >= 4 is 49.2 Å². The lowest BCUT2D eigenvalue weighted by Gasteiger charge is -2.10. The number of aromatic nitrogens is 2. The molecule has 3 rings (SSSR count). The zero-order valence-corrected chi connectivity index (χ0v) is 13.2. The van der Waals surface area contributed by atoms with Crippen LogP contribution in [0.1, 0.15) is 24.6 Å². The van der Waals surface area contributed by atoms with Gasteiger partial charge < -0.3 is 11.1 Å². The fourth-order valence-electron chi connectivity index (χ4n) is 1.80. The summed E-state index contributed by atoms with van der Waals surface area (Å²) in [5.74, 6) is 2.57. The van der Waals surface area contributed by atoms with Crippen molar-refractivity contribution in [3.63, 3.8) is 0 Å². The Kier molecular flexibility index (Phi) is 3.45. The van der Waals surface area contributed by atoms with Gasteiger partial charge in [0.1, 0.15) is 17.5 Å². The van der Waals surface area contributed by atoms with Gasteiger partial charge in [0.2, 0.25) is 0 Å². The van der Waals surface area contributed by atoms with E-state index in [1.54, 1.807) is 6.07 Å². The van der Waals surface area contributed by atoms with Crippen molar-refractivity contribution in [2.45, 2.75) is 18.8 Å². The van der Waals surface area contributed by atoms with Crippen LogP contribution in [0, 0.1) is 0 Å². The molecule has 1 aromatic carbocycles. The Labute approximate surface area is 128 Å². The number of nitrogens with one attached hydrogen (secondary N) is 1. The van der Waals surface area contributed by atoms with Gasteiger partial charge in [-0.05, 0) is 47.0 Å². The molecule has 0 aliphatic heterocycles. The number of halogens is 2. The molecule has 6 heteroatoms. The van der Waals surface area contributed by atoms with Crippen LogP contribution in [0.15, 0.2) is 33.2 Å². The van der Waals surface area contributed by atoms with Gasteiger partial charge >= 0.3 is 0 Å². The molecule has 0 radical (unpaired) electrons. The molecule has 3 N–H and O–H groups in total. The first-order valence-corrected chi connectivity index (χ1v) is 7.57. The molecule has 2 aromatic rings. The molecule has 1 fully saturated rings. The fraction of sp³-hybridized carbons (Fsp3) is 0.231. The maximum atomic E-state index is 5.83. The number of anilines is 3. The molecule has 19 heavy (non-hydrogen) atoms. The van der Waals surface area contributed by atoms with Gasteiger partial charge in [-0.15, -0.1) is 0 Å². The zero-order valence-electron chi connectivity index (χ0n) is 10.0. The molecule has 98 valence electrons. The van der Waals surface area contributed by atoms with E-state index in [1.165, 1.54) is 0 Å². The Balaban J connectivity index is 1.89. The van der Waals surface area contributed by atoms with E-state index in [-0.39, 0.29) is 0 Å². The topological polar surface area (TPSA) is 63.8 Å². The second-order valence-corrected chi connectivity index (χ2v) is 6.33. The van der Waals surface area contributed by atoms with E-state index in [0.717, 1.165) is 39.1 Å². The Morgan fingerprint density at radius 2 is 1.95 bits per heavy atom. The molecule has 0 spiro atoms. The van der Waals surface area contributed by atoms with Crippen molar-refractivity contribution in [2.75, 3.05) is 11.1 Å². The minimum absolute atomic E-state index is 0.484. The van der Waals surface area contributed by atoms with Crippen LogP contribution in [0.2, 0.25) is 0 Å². The van der Waals surface area contributed by atoms with E-state index in [0.29, 0.717) is 11.7 Å². The number of hydrogen-bond donors (Lipinski definition) is 2. The smallest absolute Gasteiger partial charge is 0.136 e. The summed E-state index contributed by atoms with van der Waals surface area (Å²) in [6.45, 7) is 0. The summed E-state index contributed by atoms with van der Waals surface area (Å²) in [4.78, 5) is 8.80. The van der Waals surface area contributed by atoms with E-state index >= 15 is 0 Å². The lowest BCUT2D eigenvalue weighted by molar-refractivity contribution is 0.936. The minimum atomic E-state index is 0.484. The third-order valence-corrected chi connectivity index (χ3v) is 4.05. The second kappa shape index (κ2) is 5.09. The first kappa shape index (κ1) is 12.9. The fourth-order valence-corrected chi connectivity index (χ4v) is 2.95. The Hall–Kier alpha value is -1.14. The van der Waals surface area contributed by atoms with Gasteiger partial charge in [0.05, 0.1) is 5.69 Å². The monoisotopic (exact) mass is 382 g/mol. The number of rotatable bonds is 3. The van der Waals surface area contributed by atoms with E-state index in [4.69, 9.17) is 5.73 Å². The van der Waals surface area contributed by atoms with E-state index < -0.39 is 0 Å². The molecule has 1 saturated carbocycles. The Bertz CT molecular complexity index is 626. The summed E-state index contributed by atoms with van der Waals surface area (Å²) >= 11 is 6.94. The van der Waals surface area contributed by atoms with Gasteiger partial charge in [-0.2, -0.15) is 0 Å². The number of nitrogen functional groups attached to an aromatic ring is 1. The van der Waals surface area contributed by atoms with Crippen molar-refractivity contribution < 1.29 is 0 Å². The number of nitrogens with zero attached hydrogens (tertiary/aromatic N) is 2. The van der Waals surface area contributed by atoms with Gasteiger partial charge in [-0.1, -0.05) is 15.9 Å². The normalized spacial score (nSPS) is 14.4. The highest BCUT2D eigenvalue weighted by Gasteiger charge is 2.27. The average Bonchev–Trinajstić information content (AvgIpc) is 3.16. The standard InChI is InChI=1S/C13H12Br2N4/c14-8-3-4-10(9(15)5-8)17-12-6-11(16)18-13(19-12)7-1-2-7/h3-7H,1-2H2,(H3,16,17,18,19). The third-order valence-electron chi connectivity index (χ3n) is 2.90. The van der Waals surface area contributed by atoms with Crippen LogP contribution in [0.4, 0.5) is 17.3 Å². The summed E-state index contributed by atoms with van der Waals surface area (Å²) in [6.07, 6.45) is 2.32. The largest absolute Gasteiger partial charge is 0.384 e. The molecular formula is C13H12Br2N4. The maximum absolute atomic E-state index is 5.83. The van der Waals surface area contributed by atoms with Gasteiger partial charge in [0.25, 0.3) is 0 Å². The van der Waals surface area contributed by atoms with Crippen molar-refractivity contribution in [1.29, 1.82) is 0 Å². The third kappa shape index (κ3) is 3.06. The summed E-state index contributed by atoms with van der Waals surface area (Å²) in [6, 6.07) is 7.68. The van der Waals surface area contributed by atoms with Crippen LogP contribution in [0.5, 0.6) is 0 Å². The van der Waals surface area contributed by atoms with Crippen LogP contribution in [0.3, 0.4) is 0 Å². The first-order valence-electron chi connectivity index (χ1n) is 5.98. The van der Waals surface area contributed by atoms with E-state index in [9.17, 15) is 0 Å². The van der Waals surface area contributed by atoms with E-state index in [1.807, 2.05) is 18.2 Å². The number of nitrogens with two attached hydrogens (primary N) is 1. The van der Waals surface area contributed by atoms with Gasteiger partial charge in [-0.25, -0.2) is 9.97 Å². The number of hydrogen-bond acceptors (Lipinski definition) is 4. The van der Waals surface area contributed by atoms with Gasteiger partial charge in [-0.3, -0.25) is 0 Å². The molecule has 0 bridgehead atoms. The van der Waals surface area contributed by atoms with Crippen molar-refractivity contribution in [1.82, 2.24) is 9.97 Å². The molecule has 0 amide bonds. The van der Waals surface area contributed by atoms with Crippen molar-refractivity contribution in [3.05, 3.63) is 39.0 Å². The molecule has 1 aliphatic rings. The number of benzene rings is 1. The molecule has 0 saturated heterocycles. The quantitative estimate of drug-likeness (QED) is 0.833. The highest BCUT2D eigenvalue weighted by atomic mass is 79.9. The minimum Gasteiger partial charge on any atom is -0.384 e. The molecule has 1 aliphatic carbocycles. The summed E-state index contributed by atoms with van der Waals surface area (Å²) in [5.41, 5.74) is 6.78. The van der Waals surface area contributed by atoms with Gasteiger partial charge in [0.15, 0.2) is 0 Å². The lowest BCUT2D eigenvalue weighted by Crippen LogP contribution is -2.03. The molecule has 4 nitrogen and oxygen atoms in total. The second-order valence-electron chi connectivity index (χ2n) is 4.56. The Morgan fingerprint density at radius 1 is 1.16 bits per heavy atom. The zero-order chi connectivity index (χ0) is 13.4. The van der Waals surface area contributed by atoms with Gasteiger partial charge in [0, 0.05) is 20.9 Å². The van der Waals surface area contributed by atoms with E-state index in [2.05, 4.69) is 47.1 Å². The van der Waals surface area contributed by atoms with Crippen LogP contribution in [0.25, 0.3) is 0 Å². The lowest BCUT2D eigenvalue weighted by atomic mass is 10.3. The van der Waals surface area contributed by atoms with Crippen LogP contribution < -0.4 is 11.1 Å². The SMILES string of the molecule is Nc1cc(Nc2ccc(Br)cc2Br)nc(C2CC2)n1. The highest BCUT2D eigenvalue weighted by Crippen LogP contribution is 2.39. The summed E-state index contributed by atoms with van der Waals surface area (Å²) in [7, 11) is 0. The maximum Gasteiger partial charge on any atom is 0.136 e. The predicted molar refractivity (Wildman–Crippen MR) is 83.5 cm³/mol. The van der Waals surface area contributed by atoms with Crippen LogP contribution in [-0.4, -0.2) is 9.97 Å². The molecule has 1 heterocycles. The predicted octanol–water partition coefficient (Wildman–Crippen LogP) is 4.20. The van der Waals surface area contributed by atoms with Crippen LogP contribution >= 0.6 is 31.9 Å². The first-order chi connectivity index (χ1) is 9.11. The molecule has 0 atom stereocenters.